The molecule has 0 saturated heterocycles. The Morgan fingerprint density at radius 2 is 2.06 bits per heavy atom. The maximum absolute atomic E-state index is 11.8. The Morgan fingerprint density at radius 3 is 2.59 bits per heavy atom. The van der Waals surface area contributed by atoms with Gasteiger partial charge in [-0.05, 0) is 41.1 Å². The lowest BCUT2D eigenvalue weighted by atomic mass is 9.98. The molecule has 2 rings (SSSR count). The third-order valence-electron chi connectivity index (χ3n) is 3.16. The Bertz CT molecular complexity index is 463. The third kappa shape index (κ3) is 2.97. The van der Waals surface area contributed by atoms with E-state index < -0.39 is 0 Å². The predicted molar refractivity (Wildman–Crippen MR) is 72.4 cm³/mol. The minimum atomic E-state index is -0.0347. The van der Waals surface area contributed by atoms with E-state index in [0.717, 1.165) is 30.8 Å². The van der Waals surface area contributed by atoms with Gasteiger partial charge in [0.2, 0.25) is 0 Å². The normalized spacial score (nSPS) is 17.5. The molecular formula is C13H19BrN2O. The first-order valence-electron chi connectivity index (χ1n) is 6.28. The molecule has 3 nitrogen and oxygen atoms in total. The van der Waals surface area contributed by atoms with Gasteiger partial charge in [-0.2, -0.15) is 0 Å². The maximum atomic E-state index is 11.8. The quantitative estimate of drug-likeness (QED) is 0.924. The number of H-pyrrole nitrogens is 1. The largest absolute Gasteiger partial charge is 0.309 e. The second kappa shape index (κ2) is 4.92. The second-order valence-electron chi connectivity index (χ2n) is 5.46. The number of aromatic amines is 1. The zero-order chi connectivity index (χ0) is 12.6. The van der Waals surface area contributed by atoms with Gasteiger partial charge in [0.25, 0.3) is 5.56 Å². The van der Waals surface area contributed by atoms with Gasteiger partial charge in [0.15, 0.2) is 0 Å². The highest BCUT2D eigenvalue weighted by atomic mass is 79.9. The zero-order valence-corrected chi connectivity index (χ0v) is 12.2. The SMILES string of the molecule is CC(C)CC(C)c1nc(C2CC2)c(Br)c(=O)[nH]1. The van der Waals surface area contributed by atoms with Crippen molar-refractivity contribution in [3.8, 4) is 0 Å². The van der Waals surface area contributed by atoms with Crippen LogP contribution >= 0.6 is 15.9 Å². The Labute approximate surface area is 110 Å². The van der Waals surface area contributed by atoms with Gasteiger partial charge in [-0.15, -0.1) is 0 Å². The van der Waals surface area contributed by atoms with Gasteiger partial charge in [-0.25, -0.2) is 4.98 Å². The molecule has 1 aromatic heterocycles. The molecule has 1 aliphatic carbocycles. The second-order valence-corrected chi connectivity index (χ2v) is 6.25. The lowest BCUT2D eigenvalue weighted by Gasteiger charge is -2.14. The number of hydrogen-bond acceptors (Lipinski definition) is 2. The first-order valence-corrected chi connectivity index (χ1v) is 7.08. The van der Waals surface area contributed by atoms with Gasteiger partial charge >= 0.3 is 0 Å². The molecule has 1 unspecified atom stereocenters. The van der Waals surface area contributed by atoms with Gasteiger partial charge in [-0.1, -0.05) is 20.8 Å². The lowest BCUT2D eigenvalue weighted by Crippen LogP contribution is -2.17. The van der Waals surface area contributed by atoms with E-state index in [1.165, 1.54) is 0 Å². The number of nitrogens with one attached hydrogen (secondary N) is 1. The van der Waals surface area contributed by atoms with Gasteiger partial charge in [0.05, 0.1) is 5.69 Å². The van der Waals surface area contributed by atoms with Gasteiger partial charge in [-0.3, -0.25) is 4.79 Å². The van der Waals surface area contributed by atoms with E-state index in [2.05, 4.69) is 46.7 Å². The van der Waals surface area contributed by atoms with Crippen molar-refractivity contribution in [3.05, 3.63) is 26.3 Å². The molecule has 1 aromatic rings. The van der Waals surface area contributed by atoms with Crippen molar-refractivity contribution in [2.24, 2.45) is 5.92 Å². The summed E-state index contributed by atoms with van der Waals surface area (Å²) in [5.74, 6) is 2.27. The molecule has 0 amide bonds. The van der Waals surface area contributed by atoms with E-state index in [1.54, 1.807) is 0 Å². The molecule has 1 heterocycles. The molecule has 1 saturated carbocycles. The molecule has 1 fully saturated rings. The molecule has 0 radical (unpaired) electrons. The Hall–Kier alpha value is -0.640. The lowest BCUT2D eigenvalue weighted by molar-refractivity contribution is 0.504. The highest BCUT2D eigenvalue weighted by Gasteiger charge is 2.29. The van der Waals surface area contributed by atoms with Crippen molar-refractivity contribution in [2.75, 3.05) is 0 Å². The van der Waals surface area contributed by atoms with Crippen LogP contribution in [-0.4, -0.2) is 9.97 Å². The van der Waals surface area contributed by atoms with Crippen LogP contribution in [0.2, 0.25) is 0 Å². The molecule has 1 N–H and O–H groups in total. The Balaban J connectivity index is 2.32. The summed E-state index contributed by atoms with van der Waals surface area (Å²) in [5, 5.41) is 0. The molecule has 0 bridgehead atoms. The van der Waals surface area contributed by atoms with Crippen molar-refractivity contribution in [1.29, 1.82) is 0 Å². The topological polar surface area (TPSA) is 45.8 Å². The molecule has 1 atom stereocenters. The van der Waals surface area contributed by atoms with Crippen molar-refractivity contribution in [2.45, 2.75) is 51.9 Å². The molecule has 17 heavy (non-hydrogen) atoms. The van der Waals surface area contributed by atoms with Crippen molar-refractivity contribution >= 4 is 15.9 Å². The summed E-state index contributed by atoms with van der Waals surface area (Å²) in [6.07, 6.45) is 3.37. The minimum Gasteiger partial charge on any atom is -0.309 e. The van der Waals surface area contributed by atoms with E-state index in [4.69, 9.17) is 0 Å². The van der Waals surface area contributed by atoms with Gasteiger partial charge in [0.1, 0.15) is 10.3 Å². The number of aromatic nitrogens is 2. The summed E-state index contributed by atoms with van der Waals surface area (Å²) < 4.78 is 0.625. The summed E-state index contributed by atoms with van der Waals surface area (Å²) in [4.78, 5) is 19.4. The molecular weight excluding hydrogens is 280 g/mol. The standard InChI is InChI=1S/C13H19BrN2O/c1-7(2)6-8(3)12-15-11(9-4-5-9)10(14)13(17)16-12/h7-9H,4-6H2,1-3H3,(H,15,16,17). The number of hydrogen-bond donors (Lipinski definition) is 1. The monoisotopic (exact) mass is 298 g/mol. The molecule has 0 aliphatic heterocycles. The Kier molecular flexibility index (Phi) is 3.71. The van der Waals surface area contributed by atoms with Crippen LogP contribution in [0.15, 0.2) is 9.27 Å². The van der Waals surface area contributed by atoms with E-state index in [-0.39, 0.29) is 5.56 Å². The first-order chi connectivity index (χ1) is 7.99. The molecule has 1 aliphatic rings. The molecule has 4 heteroatoms. The number of nitrogens with zero attached hydrogens (tertiary/aromatic N) is 1. The van der Waals surface area contributed by atoms with Crippen molar-refractivity contribution < 1.29 is 0 Å². The summed E-state index contributed by atoms with van der Waals surface area (Å²) in [7, 11) is 0. The van der Waals surface area contributed by atoms with E-state index in [1.807, 2.05) is 0 Å². The fraction of sp³-hybridized carbons (Fsp3) is 0.692. The fourth-order valence-electron chi connectivity index (χ4n) is 2.17. The van der Waals surface area contributed by atoms with Crippen LogP contribution < -0.4 is 5.56 Å². The first kappa shape index (κ1) is 12.8. The van der Waals surface area contributed by atoms with Crippen LogP contribution in [0.5, 0.6) is 0 Å². The van der Waals surface area contributed by atoms with Crippen LogP contribution in [0.25, 0.3) is 0 Å². The smallest absolute Gasteiger partial charge is 0.265 e. The predicted octanol–water partition coefficient (Wildman–Crippen LogP) is 3.56. The highest BCUT2D eigenvalue weighted by molar-refractivity contribution is 9.10. The van der Waals surface area contributed by atoms with E-state index >= 15 is 0 Å². The van der Waals surface area contributed by atoms with Crippen LogP contribution in [-0.2, 0) is 0 Å². The summed E-state index contributed by atoms with van der Waals surface area (Å²) in [5.41, 5.74) is 0.923. The van der Waals surface area contributed by atoms with E-state index in [0.29, 0.717) is 22.2 Å². The highest BCUT2D eigenvalue weighted by Crippen LogP contribution is 2.41. The molecule has 94 valence electrons. The molecule has 0 spiro atoms. The summed E-state index contributed by atoms with van der Waals surface area (Å²) in [6.45, 7) is 6.51. The number of halogens is 1. The van der Waals surface area contributed by atoms with Crippen molar-refractivity contribution in [3.63, 3.8) is 0 Å². The minimum absolute atomic E-state index is 0.0347. The summed E-state index contributed by atoms with van der Waals surface area (Å²) >= 11 is 3.35. The number of rotatable bonds is 4. The zero-order valence-electron chi connectivity index (χ0n) is 10.6. The van der Waals surface area contributed by atoms with Crippen LogP contribution in [0, 0.1) is 5.92 Å². The molecule has 0 aromatic carbocycles. The average Bonchev–Trinajstić information content (AvgIpc) is 3.04. The van der Waals surface area contributed by atoms with Crippen LogP contribution in [0.1, 0.15) is 63.4 Å². The van der Waals surface area contributed by atoms with E-state index in [9.17, 15) is 4.79 Å². The third-order valence-corrected chi connectivity index (χ3v) is 3.93. The van der Waals surface area contributed by atoms with Crippen molar-refractivity contribution in [1.82, 2.24) is 9.97 Å². The Morgan fingerprint density at radius 1 is 1.41 bits per heavy atom. The van der Waals surface area contributed by atoms with Crippen LogP contribution in [0.4, 0.5) is 0 Å². The fourth-order valence-corrected chi connectivity index (χ4v) is 2.69. The summed E-state index contributed by atoms with van der Waals surface area (Å²) in [6, 6.07) is 0. The average molecular weight is 299 g/mol. The van der Waals surface area contributed by atoms with Crippen LogP contribution in [0.3, 0.4) is 0 Å². The maximum Gasteiger partial charge on any atom is 0.265 e. The van der Waals surface area contributed by atoms with Gasteiger partial charge < -0.3 is 4.98 Å². The van der Waals surface area contributed by atoms with Gasteiger partial charge in [0, 0.05) is 11.8 Å².